The minimum Gasteiger partial charge on any atom is -1.00 e. The minimum absolute atomic E-state index is 0. The first-order chi connectivity index (χ1) is 16.6. The second-order valence-electron chi connectivity index (χ2n) is 8.22. The molecule has 35 heavy (non-hydrogen) atoms. The molecule has 178 valence electrons. The summed E-state index contributed by atoms with van der Waals surface area (Å²) in [6.07, 6.45) is 0.938. The molecule has 0 aromatic heterocycles. The maximum Gasteiger partial charge on any atom is 0.217 e. The molecule has 0 spiro atoms. The summed E-state index contributed by atoms with van der Waals surface area (Å²) in [5.74, 6) is 0.603. The molecule has 0 aliphatic carbocycles. The molecule has 0 fully saturated rings. The SMILES string of the molecule is CC(N)=NC(N)=NCc1ccc(C[P+](c2ccccc2)(c2ccccc2)c2ccccc2)cc1.[Br-]. The van der Waals surface area contributed by atoms with Crippen LogP contribution in [0.3, 0.4) is 0 Å². The normalized spacial score (nSPS) is 12.1. The summed E-state index contributed by atoms with van der Waals surface area (Å²) < 4.78 is 0. The lowest BCUT2D eigenvalue weighted by Crippen LogP contribution is -3.00. The van der Waals surface area contributed by atoms with Gasteiger partial charge >= 0.3 is 0 Å². The minimum atomic E-state index is -1.92. The largest absolute Gasteiger partial charge is 1.00 e. The van der Waals surface area contributed by atoms with Crippen molar-refractivity contribution >= 4 is 35.0 Å². The van der Waals surface area contributed by atoms with E-state index in [-0.39, 0.29) is 22.9 Å². The molecule has 0 aliphatic heterocycles. The van der Waals surface area contributed by atoms with Gasteiger partial charge in [-0.05, 0) is 54.4 Å². The number of halogens is 1. The molecule has 0 heterocycles. The first-order valence-corrected chi connectivity index (χ1v) is 13.3. The Labute approximate surface area is 218 Å². The number of nitrogens with zero attached hydrogens (tertiary/aromatic N) is 2. The number of amidine groups is 1. The zero-order valence-corrected chi connectivity index (χ0v) is 22.2. The third-order valence-electron chi connectivity index (χ3n) is 5.75. The van der Waals surface area contributed by atoms with E-state index in [0.717, 1.165) is 11.7 Å². The number of aliphatic imine (C=N–C) groups is 2. The van der Waals surface area contributed by atoms with Crippen molar-refractivity contribution in [3.05, 3.63) is 126 Å². The van der Waals surface area contributed by atoms with Crippen LogP contribution in [0.25, 0.3) is 0 Å². The number of nitrogens with two attached hydrogens (primary N) is 2. The van der Waals surface area contributed by atoms with Crippen molar-refractivity contribution in [2.75, 3.05) is 0 Å². The summed E-state index contributed by atoms with van der Waals surface area (Å²) in [6, 6.07) is 41.5. The lowest BCUT2D eigenvalue weighted by atomic mass is 10.1. The highest BCUT2D eigenvalue weighted by atomic mass is 79.9. The summed E-state index contributed by atoms with van der Waals surface area (Å²) in [6.45, 7) is 2.16. The van der Waals surface area contributed by atoms with Crippen LogP contribution in [0.15, 0.2) is 125 Å². The molecule has 4 N–H and O–H groups in total. The van der Waals surface area contributed by atoms with Crippen molar-refractivity contribution in [3.63, 3.8) is 0 Å². The van der Waals surface area contributed by atoms with Crippen LogP contribution in [-0.2, 0) is 12.7 Å². The average molecular weight is 545 g/mol. The molecule has 4 nitrogen and oxygen atoms in total. The van der Waals surface area contributed by atoms with Crippen LogP contribution >= 0.6 is 7.26 Å². The molecule has 4 rings (SSSR count). The van der Waals surface area contributed by atoms with Gasteiger partial charge in [0.25, 0.3) is 0 Å². The fourth-order valence-corrected chi connectivity index (χ4v) is 8.42. The van der Waals surface area contributed by atoms with Crippen LogP contribution in [0, 0.1) is 0 Å². The summed E-state index contributed by atoms with van der Waals surface area (Å²) in [7, 11) is -1.92. The van der Waals surface area contributed by atoms with Gasteiger partial charge in [-0.15, -0.1) is 0 Å². The molecule has 0 amide bonds. The number of rotatable bonds is 7. The topological polar surface area (TPSA) is 76.8 Å². The van der Waals surface area contributed by atoms with Gasteiger partial charge in [0, 0.05) is 0 Å². The summed E-state index contributed by atoms with van der Waals surface area (Å²) in [4.78, 5) is 8.30. The Bertz CT molecular complexity index is 1160. The Morgan fingerprint density at radius 3 is 1.43 bits per heavy atom. The molecule has 6 heteroatoms. The highest BCUT2D eigenvalue weighted by Crippen LogP contribution is 2.58. The second-order valence-corrected chi connectivity index (χ2v) is 11.7. The summed E-state index contributed by atoms with van der Waals surface area (Å²) in [5.41, 5.74) is 13.8. The van der Waals surface area contributed by atoms with E-state index in [1.54, 1.807) is 6.92 Å². The summed E-state index contributed by atoms with van der Waals surface area (Å²) >= 11 is 0. The predicted molar refractivity (Wildman–Crippen MR) is 148 cm³/mol. The van der Waals surface area contributed by atoms with Crippen molar-refractivity contribution in [1.82, 2.24) is 0 Å². The third-order valence-corrected chi connectivity index (χ3v) is 10.1. The molecule has 4 aromatic carbocycles. The van der Waals surface area contributed by atoms with E-state index >= 15 is 0 Å². The van der Waals surface area contributed by atoms with Crippen LogP contribution in [0.5, 0.6) is 0 Å². The van der Waals surface area contributed by atoms with Gasteiger partial charge in [-0.25, -0.2) is 9.98 Å². The lowest BCUT2D eigenvalue weighted by Gasteiger charge is -2.28. The monoisotopic (exact) mass is 544 g/mol. The highest BCUT2D eigenvalue weighted by Gasteiger charge is 2.45. The van der Waals surface area contributed by atoms with Gasteiger partial charge in [0.15, 0.2) is 0 Å². The van der Waals surface area contributed by atoms with E-state index in [9.17, 15) is 0 Å². The first-order valence-electron chi connectivity index (χ1n) is 11.3. The Morgan fingerprint density at radius 1 is 0.629 bits per heavy atom. The predicted octanol–water partition coefficient (Wildman–Crippen LogP) is 1.38. The van der Waals surface area contributed by atoms with Crippen molar-refractivity contribution in [2.45, 2.75) is 19.6 Å². The van der Waals surface area contributed by atoms with E-state index in [1.165, 1.54) is 21.5 Å². The van der Waals surface area contributed by atoms with Crippen molar-refractivity contribution in [1.29, 1.82) is 0 Å². The maximum atomic E-state index is 5.82. The molecule has 0 bridgehead atoms. The van der Waals surface area contributed by atoms with Gasteiger partial charge in [0.05, 0.1) is 18.5 Å². The fourth-order valence-electron chi connectivity index (χ4n) is 4.18. The van der Waals surface area contributed by atoms with Crippen molar-refractivity contribution < 1.29 is 17.0 Å². The fraction of sp³-hybridized carbons (Fsp3) is 0.103. The van der Waals surface area contributed by atoms with Gasteiger partial charge < -0.3 is 28.4 Å². The quantitative estimate of drug-likeness (QED) is 0.209. The number of guanidine groups is 1. The lowest BCUT2D eigenvalue weighted by molar-refractivity contribution is -0.00000720. The Morgan fingerprint density at radius 2 is 1.03 bits per heavy atom. The average Bonchev–Trinajstić information content (AvgIpc) is 2.88. The van der Waals surface area contributed by atoms with Gasteiger partial charge in [0.2, 0.25) is 5.96 Å². The van der Waals surface area contributed by atoms with E-state index < -0.39 is 7.26 Å². The van der Waals surface area contributed by atoms with Crippen LogP contribution in [0.1, 0.15) is 18.1 Å². The van der Waals surface area contributed by atoms with E-state index in [4.69, 9.17) is 11.5 Å². The molecule has 4 aromatic rings. The molecular formula is C29H30BrN4P. The smallest absolute Gasteiger partial charge is 0.217 e. The van der Waals surface area contributed by atoms with Crippen LogP contribution in [0.2, 0.25) is 0 Å². The van der Waals surface area contributed by atoms with Crippen LogP contribution in [-0.4, -0.2) is 11.8 Å². The van der Waals surface area contributed by atoms with Gasteiger partial charge in [-0.2, -0.15) is 0 Å². The molecule has 0 saturated carbocycles. The standard InChI is InChI=1S/C29H30N4P.BrH/c1-23(30)33-29(31)32-21-24-17-19-25(20-18-24)22-34(26-11-5-2-6-12-26,27-13-7-3-8-14-27)28-15-9-4-10-16-28;/h2-20H,21-22H2,1H3,(H4,30,31,32,33);1H/q+1;/p-1. The molecular weight excluding hydrogens is 515 g/mol. The van der Waals surface area contributed by atoms with E-state index in [2.05, 4.69) is 125 Å². The molecule has 0 radical (unpaired) electrons. The second kappa shape index (κ2) is 12.4. The first kappa shape index (κ1) is 26.3. The molecule has 0 unspecified atom stereocenters. The highest BCUT2D eigenvalue weighted by molar-refractivity contribution is 7.95. The van der Waals surface area contributed by atoms with Crippen molar-refractivity contribution in [2.24, 2.45) is 21.5 Å². The van der Waals surface area contributed by atoms with Crippen molar-refractivity contribution in [3.8, 4) is 0 Å². The zero-order valence-electron chi connectivity index (χ0n) is 19.8. The molecule has 0 saturated heterocycles. The maximum absolute atomic E-state index is 5.82. The zero-order chi connectivity index (χ0) is 23.8. The van der Waals surface area contributed by atoms with Gasteiger partial charge in [-0.3, -0.25) is 0 Å². The van der Waals surface area contributed by atoms with E-state index in [1.807, 2.05) is 0 Å². The number of hydrogen-bond acceptors (Lipinski definition) is 1. The Balaban J connectivity index is 0.00000342. The summed E-state index contributed by atoms with van der Waals surface area (Å²) in [5, 5.41) is 4.14. The van der Waals surface area contributed by atoms with Gasteiger partial charge in [0.1, 0.15) is 23.2 Å². The number of hydrogen-bond donors (Lipinski definition) is 2. The van der Waals surface area contributed by atoms with Crippen LogP contribution in [0.4, 0.5) is 0 Å². The molecule has 0 aliphatic rings. The van der Waals surface area contributed by atoms with Crippen LogP contribution < -0.4 is 44.4 Å². The Kier molecular flexibility index (Phi) is 9.36. The van der Waals surface area contributed by atoms with E-state index in [0.29, 0.717) is 12.4 Å². The number of benzene rings is 4. The molecule has 0 atom stereocenters. The Hall–Kier alpha value is -3.27. The third kappa shape index (κ3) is 6.45. The van der Waals surface area contributed by atoms with Gasteiger partial charge in [-0.1, -0.05) is 78.9 Å².